The van der Waals surface area contributed by atoms with Gasteiger partial charge in [-0.15, -0.1) is 0 Å². The number of unbranched alkanes of at least 4 members (excludes halogenated alkanes) is 23. The molecule has 6 N–H and O–H groups in total. The highest BCUT2D eigenvalue weighted by molar-refractivity contribution is 7.47. The predicted octanol–water partition coefficient (Wildman–Crippen LogP) is 13.1. The molecule has 6 unspecified atom stereocenters. The van der Waals surface area contributed by atoms with Crippen LogP contribution in [0.2, 0.25) is 0 Å². The number of aliphatic hydroxyl groups is 5. The summed E-state index contributed by atoms with van der Waals surface area (Å²) in [5.74, 6) is -0.488. The number of rotatable bonds is 47. The maximum atomic E-state index is 12.9. The summed E-state index contributed by atoms with van der Waals surface area (Å²) in [7, 11) is -5.04. The van der Waals surface area contributed by atoms with Gasteiger partial charge in [0.2, 0.25) is 0 Å². The maximum Gasteiger partial charge on any atom is 0.472 e. The minimum absolute atomic E-state index is 0.101. The topological polar surface area (TPSA) is 192 Å². The zero-order valence-corrected chi connectivity index (χ0v) is 44.7. The van der Waals surface area contributed by atoms with Gasteiger partial charge in [-0.3, -0.25) is 13.8 Å². The third-order valence-corrected chi connectivity index (χ3v) is 13.6. The predicted molar refractivity (Wildman–Crippen MR) is 285 cm³/mol. The summed E-state index contributed by atoms with van der Waals surface area (Å²) in [4.78, 5) is 23.3. The van der Waals surface area contributed by atoms with Gasteiger partial charge in [0.15, 0.2) is 0 Å². The number of carbonyl (C=O) groups excluding carboxylic acids is 1. The Morgan fingerprint density at radius 3 is 1.27 bits per heavy atom. The number of ether oxygens (including phenoxy) is 2. The van der Waals surface area contributed by atoms with Crippen molar-refractivity contribution in [2.75, 3.05) is 19.8 Å². The quantitative estimate of drug-likeness (QED) is 0.0147. The van der Waals surface area contributed by atoms with Crippen LogP contribution in [0.3, 0.4) is 0 Å². The standard InChI is InChI=1S/C57H101O12P/c1-3-5-7-9-11-13-15-17-19-21-23-25-27-29-31-33-35-37-39-41-43-45-47-66-48-50(49-67-70(64,65)69-57-55(62)53(60)52(59)54(61)56(57)63)68-51(58)46-44-42-40-38-36-34-32-30-28-26-24-22-20-18-16-14-12-10-8-6-4-2/h5,7,11,13,17,19,23,25,29,31,35,37,50,52-57,59-63H,3-4,6,8-10,12,14-16,18,20-22,24,26-28,30,32-34,36,38-49H2,1-2H3,(H,64,65)/b7-5-,13-11-,19-17-,25-23-,31-29-,37-35-. The SMILES string of the molecule is CC/C=C\C/C=C\C/C=C\C/C=C\C/C=C\C/C=C\CCCCCOCC(COP(=O)(O)OC1C(O)C(O)C(O)C(O)C1O)OC(=O)CCCCCCCCCCCCCCCCCCCCCCC. The molecule has 0 bridgehead atoms. The van der Waals surface area contributed by atoms with Crippen LogP contribution >= 0.6 is 7.82 Å². The van der Waals surface area contributed by atoms with Crippen LogP contribution in [0.1, 0.15) is 219 Å². The molecule has 0 aliphatic heterocycles. The van der Waals surface area contributed by atoms with Crippen LogP contribution in [0.4, 0.5) is 0 Å². The normalized spacial score (nSPS) is 21.4. The number of phosphoric ester groups is 1. The van der Waals surface area contributed by atoms with E-state index in [-0.39, 0.29) is 13.0 Å². The molecule has 0 spiro atoms. The van der Waals surface area contributed by atoms with Gasteiger partial charge in [0, 0.05) is 13.0 Å². The fourth-order valence-electron chi connectivity index (χ4n) is 8.24. The van der Waals surface area contributed by atoms with Crippen LogP contribution in [0, 0.1) is 0 Å². The third-order valence-electron chi connectivity index (χ3n) is 12.6. The Morgan fingerprint density at radius 2 is 0.843 bits per heavy atom. The summed E-state index contributed by atoms with van der Waals surface area (Å²) in [6.45, 7) is 4.10. The van der Waals surface area contributed by atoms with Gasteiger partial charge in [-0.05, 0) is 64.2 Å². The molecule has 406 valence electrons. The molecule has 0 radical (unpaired) electrons. The molecule has 12 nitrogen and oxygen atoms in total. The molecule has 0 aromatic carbocycles. The smallest absolute Gasteiger partial charge is 0.457 e. The summed E-state index contributed by atoms with van der Waals surface area (Å²) in [5.41, 5.74) is 0. The fourth-order valence-corrected chi connectivity index (χ4v) is 9.22. The Morgan fingerprint density at radius 1 is 0.471 bits per heavy atom. The number of aliphatic hydroxyl groups excluding tert-OH is 5. The van der Waals surface area contributed by atoms with Gasteiger partial charge in [-0.1, -0.05) is 222 Å². The highest BCUT2D eigenvalue weighted by atomic mass is 31.2. The highest BCUT2D eigenvalue weighted by Gasteiger charge is 2.51. The number of carbonyl (C=O) groups is 1. The lowest BCUT2D eigenvalue weighted by molar-refractivity contribution is -0.220. The van der Waals surface area contributed by atoms with Crippen LogP contribution in [-0.4, -0.2) is 98.9 Å². The Labute approximate surface area is 425 Å². The van der Waals surface area contributed by atoms with E-state index in [2.05, 4.69) is 86.8 Å². The lowest BCUT2D eigenvalue weighted by Crippen LogP contribution is -2.64. The zero-order valence-electron chi connectivity index (χ0n) is 43.8. The van der Waals surface area contributed by atoms with E-state index >= 15 is 0 Å². The highest BCUT2D eigenvalue weighted by Crippen LogP contribution is 2.47. The fraction of sp³-hybridized carbons (Fsp3) is 0.772. The van der Waals surface area contributed by atoms with Crippen LogP contribution in [0.5, 0.6) is 0 Å². The largest absolute Gasteiger partial charge is 0.472 e. The van der Waals surface area contributed by atoms with Gasteiger partial charge in [0.25, 0.3) is 0 Å². The second kappa shape index (κ2) is 46.6. The molecule has 0 heterocycles. The molecule has 13 heteroatoms. The molecule has 1 aliphatic carbocycles. The van der Waals surface area contributed by atoms with Gasteiger partial charge in [-0.25, -0.2) is 4.57 Å². The van der Waals surface area contributed by atoms with E-state index in [0.29, 0.717) is 13.0 Å². The molecule has 1 fully saturated rings. The first-order chi connectivity index (χ1) is 34.0. The molecule has 1 saturated carbocycles. The van der Waals surface area contributed by atoms with Gasteiger partial charge in [0.05, 0.1) is 13.2 Å². The minimum atomic E-state index is -5.04. The zero-order chi connectivity index (χ0) is 51.2. The average Bonchev–Trinajstić information content (AvgIpc) is 3.35. The molecule has 1 aliphatic rings. The average molecular weight is 1010 g/mol. The van der Waals surface area contributed by atoms with Crippen molar-refractivity contribution in [2.45, 2.75) is 262 Å². The molecular formula is C57H101O12P. The minimum Gasteiger partial charge on any atom is -0.457 e. The van der Waals surface area contributed by atoms with Crippen LogP contribution in [0.15, 0.2) is 72.9 Å². The van der Waals surface area contributed by atoms with Crippen molar-refractivity contribution in [2.24, 2.45) is 0 Å². The number of hydrogen-bond acceptors (Lipinski definition) is 11. The van der Waals surface area contributed by atoms with E-state index in [1.54, 1.807) is 0 Å². The number of hydrogen-bond donors (Lipinski definition) is 6. The van der Waals surface area contributed by atoms with E-state index in [1.165, 1.54) is 109 Å². The van der Waals surface area contributed by atoms with Crippen LogP contribution < -0.4 is 0 Å². The summed E-state index contributed by atoms with van der Waals surface area (Å²) < 4.78 is 34.3. The monoisotopic (exact) mass is 1010 g/mol. The molecule has 6 atom stereocenters. The number of phosphoric acid groups is 1. The molecule has 0 amide bonds. The Bertz CT molecular complexity index is 1430. The molecular weight excluding hydrogens is 908 g/mol. The molecule has 70 heavy (non-hydrogen) atoms. The number of allylic oxidation sites excluding steroid dienone is 12. The van der Waals surface area contributed by atoms with Crippen molar-refractivity contribution >= 4 is 13.8 Å². The van der Waals surface area contributed by atoms with Gasteiger partial charge in [-0.2, -0.15) is 0 Å². The van der Waals surface area contributed by atoms with E-state index < -0.39 is 63.1 Å². The van der Waals surface area contributed by atoms with E-state index in [1.807, 2.05) is 0 Å². The Hall–Kier alpha value is -2.22. The van der Waals surface area contributed by atoms with Crippen molar-refractivity contribution in [3.63, 3.8) is 0 Å². The van der Waals surface area contributed by atoms with E-state index in [0.717, 1.165) is 83.5 Å². The first kappa shape index (κ1) is 65.8. The summed E-state index contributed by atoms with van der Waals surface area (Å²) in [5, 5.41) is 50.4. The molecule has 1 rings (SSSR count). The second-order valence-corrected chi connectivity index (χ2v) is 20.5. The summed E-state index contributed by atoms with van der Waals surface area (Å²) >= 11 is 0. The number of esters is 1. The van der Waals surface area contributed by atoms with Gasteiger partial charge >= 0.3 is 13.8 Å². The second-order valence-electron chi connectivity index (χ2n) is 19.1. The third kappa shape index (κ3) is 37.5. The van der Waals surface area contributed by atoms with Crippen LogP contribution in [-0.2, 0) is 27.9 Å². The van der Waals surface area contributed by atoms with Crippen molar-refractivity contribution < 1.29 is 58.3 Å². The molecule has 0 aromatic rings. The van der Waals surface area contributed by atoms with Gasteiger partial charge in [0.1, 0.15) is 42.7 Å². The first-order valence-electron chi connectivity index (χ1n) is 27.8. The Balaban J connectivity index is 2.34. The van der Waals surface area contributed by atoms with Crippen molar-refractivity contribution in [3.8, 4) is 0 Å². The summed E-state index contributed by atoms with van der Waals surface area (Å²) in [6.07, 6.45) is 49.7. The lowest BCUT2D eigenvalue weighted by atomic mass is 9.85. The van der Waals surface area contributed by atoms with Crippen molar-refractivity contribution in [1.29, 1.82) is 0 Å². The Kier molecular flexibility index (Phi) is 43.8. The molecule has 0 aromatic heterocycles. The molecule has 0 saturated heterocycles. The van der Waals surface area contributed by atoms with Crippen LogP contribution in [0.25, 0.3) is 0 Å². The summed E-state index contributed by atoms with van der Waals surface area (Å²) in [6, 6.07) is 0. The van der Waals surface area contributed by atoms with Gasteiger partial charge < -0.3 is 39.9 Å². The van der Waals surface area contributed by atoms with Crippen molar-refractivity contribution in [1.82, 2.24) is 0 Å². The first-order valence-corrected chi connectivity index (χ1v) is 29.3. The maximum absolute atomic E-state index is 12.9. The lowest BCUT2D eigenvalue weighted by Gasteiger charge is -2.41. The van der Waals surface area contributed by atoms with Crippen molar-refractivity contribution in [3.05, 3.63) is 72.9 Å². The van der Waals surface area contributed by atoms with E-state index in [9.17, 15) is 39.8 Å². The van der Waals surface area contributed by atoms with E-state index in [4.69, 9.17) is 18.5 Å².